The molecule has 0 aliphatic carbocycles. The van der Waals surface area contributed by atoms with E-state index in [1.165, 1.54) is 13.2 Å². The fourth-order valence-electron chi connectivity index (χ4n) is 3.04. The summed E-state index contributed by atoms with van der Waals surface area (Å²) in [7, 11) is 1.35. The van der Waals surface area contributed by atoms with Crippen molar-refractivity contribution in [2.24, 2.45) is 0 Å². The van der Waals surface area contributed by atoms with Gasteiger partial charge in [0.1, 0.15) is 5.82 Å². The molecule has 1 aliphatic heterocycles. The number of rotatable bonds is 3. The summed E-state index contributed by atoms with van der Waals surface area (Å²) in [5, 5.41) is 3.35. The van der Waals surface area contributed by atoms with Gasteiger partial charge in [0.2, 0.25) is 0 Å². The Morgan fingerprint density at radius 1 is 1.33 bits per heavy atom. The van der Waals surface area contributed by atoms with Crippen LogP contribution in [0.2, 0.25) is 0 Å². The minimum Gasteiger partial charge on any atom is -0.465 e. The van der Waals surface area contributed by atoms with E-state index in [4.69, 9.17) is 4.74 Å². The fourth-order valence-corrected chi connectivity index (χ4v) is 3.04. The predicted octanol–water partition coefficient (Wildman–Crippen LogP) is 5.30. The van der Waals surface area contributed by atoms with Gasteiger partial charge in [-0.2, -0.15) is 0 Å². The number of halogens is 1. The first-order chi connectivity index (χ1) is 12.9. The normalized spacial score (nSPS) is 15.2. The van der Waals surface area contributed by atoms with Crippen molar-refractivity contribution in [3.8, 4) is 0 Å². The Balaban J connectivity index is 0.00000127. The first kappa shape index (κ1) is 20.2. The molecule has 1 heterocycles. The lowest BCUT2D eigenvalue weighted by Gasteiger charge is -2.38. The van der Waals surface area contributed by atoms with Crippen molar-refractivity contribution in [3.05, 3.63) is 84.3 Å². The number of esters is 1. The minimum absolute atomic E-state index is 0. The number of hydrogen-bond acceptors (Lipinski definition) is 4. The smallest absolute Gasteiger partial charge is 0.337 e. The van der Waals surface area contributed by atoms with Crippen molar-refractivity contribution in [2.75, 3.05) is 17.3 Å². The molecular weight excluding hydrogens is 343 g/mol. The fraction of sp³-hybridized carbons (Fsp3) is 0.227. The SMILES string of the molecule is C=C.C=C1C(C)Nc2ccc(C(=O)OC)cc2N1Cc1c(C)cccc1F.[HH]. The van der Waals surface area contributed by atoms with Gasteiger partial charge in [-0.3, -0.25) is 0 Å². The molecule has 3 rings (SSSR count). The van der Waals surface area contributed by atoms with Crippen LogP contribution in [-0.4, -0.2) is 19.1 Å². The number of nitrogens with zero attached hydrogens (tertiary/aromatic N) is 1. The molecule has 0 spiro atoms. The number of aryl methyl sites for hydroxylation is 1. The lowest BCUT2D eigenvalue weighted by molar-refractivity contribution is 0.0601. The molecule has 2 aromatic rings. The Morgan fingerprint density at radius 3 is 2.67 bits per heavy atom. The van der Waals surface area contributed by atoms with Crippen molar-refractivity contribution in [1.29, 1.82) is 0 Å². The summed E-state index contributed by atoms with van der Waals surface area (Å²) in [6, 6.07) is 10.4. The summed E-state index contributed by atoms with van der Waals surface area (Å²) in [5.41, 5.74) is 4.42. The third-order valence-electron chi connectivity index (χ3n) is 4.60. The van der Waals surface area contributed by atoms with Crippen molar-refractivity contribution in [3.63, 3.8) is 0 Å². The number of hydrogen-bond donors (Lipinski definition) is 1. The molecule has 0 aromatic heterocycles. The topological polar surface area (TPSA) is 41.6 Å². The monoisotopic (exact) mass is 370 g/mol. The molecular formula is C22H27FN2O2. The van der Waals surface area contributed by atoms with E-state index in [-0.39, 0.29) is 13.3 Å². The quantitative estimate of drug-likeness (QED) is 0.588. The molecule has 0 fully saturated rings. The average Bonchev–Trinajstić information content (AvgIpc) is 2.68. The van der Waals surface area contributed by atoms with Crippen LogP contribution in [0.1, 0.15) is 29.8 Å². The van der Waals surface area contributed by atoms with Crippen molar-refractivity contribution >= 4 is 17.3 Å². The highest BCUT2D eigenvalue weighted by molar-refractivity contribution is 5.93. The third-order valence-corrected chi connectivity index (χ3v) is 4.60. The molecule has 1 aliphatic rings. The molecule has 27 heavy (non-hydrogen) atoms. The van der Waals surface area contributed by atoms with Crippen molar-refractivity contribution in [2.45, 2.75) is 26.4 Å². The van der Waals surface area contributed by atoms with Crippen molar-refractivity contribution < 1.29 is 15.3 Å². The number of ether oxygens (including phenoxy) is 1. The van der Waals surface area contributed by atoms with Gasteiger partial charge in [-0.05, 0) is 43.7 Å². The minimum atomic E-state index is -0.408. The van der Waals surface area contributed by atoms with E-state index in [0.717, 1.165) is 22.6 Å². The number of fused-ring (bicyclic) bond motifs is 1. The second-order valence-corrected chi connectivity index (χ2v) is 6.20. The van der Waals surface area contributed by atoms with E-state index >= 15 is 0 Å². The van der Waals surface area contributed by atoms with Crippen LogP contribution in [0, 0.1) is 12.7 Å². The Labute approximate surface area is 161 Å². The van der Waals surface area contributed by atoms with Gasteiger partial charge in [-0.1, -0.05) is 18.7 Å². The largest absolute Gasteiger partial charge is 0.465 e. The number of methoxy groups -OCH3 is 1. The highest BCUT2D eigenvalue weighted by Gasteiger charge is 2.27. The zero-order chi connectivity index (χ0) is 20.1. The molecule has 2 aromatic carbocycles. The number of nitrogens with one attached hydrogen (secondary N) is 1. The van der Waals surface area contributed by atoms with Crippen LogP contribution in [0.25, 0.3) is 0 Å². The van der Waals surface area contributed by atoms with Crippen LogP contribution in [0.5, 0.6) is 0 Å². The van der Waals surface area contributed by atoms with Gasteiger partial charge in [0.05, 0.1) is 36.6 Å². The maximum atomic E-state index is 14.3. The van der Waals surface area contributed by atoms with Gasteiger partial charge in [0.15, 0.2) is 0 Å². The highest BCUT2D eigenvalue weighted by Crippen LogP contribution is 2.37. The molecule has 0 saturated carbocycles. The molecule has 5 heteroatoms. The summed E-state index contributed by atoms with van der Waals surface area (Å²) in [6.45, 7) is 14.4. The lowest BCUT2D eigenvalue weighted by atomic mass is 10.0. The lowest BCUT2D eigenvalue weighted by Crippen LogP contribution is -2.37. The third kappa shape index (κ3) is 4.03. The average molecular weight is 370 g/mol. The van der Waals surface area contributed by atoms with Crippen LogP contribution < -0.4 is 10.2 Å². The number of carbonyl (C=O) groups is 1. The number of carbonyl (C=O) groups excluding carboxylic acids is 1. The van der Waals surface area contributed by atoms with Crippen LogP contribution in [0.3, 0.4) is 0 Å². The van der Waals surface area contributed by atoms with Gasteiger partial charge < -0.3 is 15.0 Å². The number of benzene rings is 2. The number of anilines is 2. The van der Waals surface area contributed by atoms with Crippen LogP contribution in [-0.2, 0) is 11.3 Å². The first-order valence-corrected chi connectivity index (χ1v) is 8.61. The summed E-state index contributed by atoms with van der Waals surface area (Å²) < 4.78 is 19.1. The van der Waals surface area contributed by atoms with E-state index in [1.54, 1.807) is 18.2 Å². The van der Waals surface area contributed by atoms with Gasteiger partial charge >= 0.3 is 5.97 Å². The van der Waals surface area contributed by atoms with E-state index in [0.29, 0.717) is 17.7 Å². The molecule has 1 unspecified atom stereocenters. The summed E-state index contributed by atoms with van der Waals surface area (Å²) in [6.07, 6.45) is 0. The summed E-state index contributed by atoms with van der Waals surface area (Å²) in [5.74, 6) is -0.654. The van der Waals surface area contributed by atoms with Crippen molar-refractivity contribution in [1.82, 2.24) is 0 Å². The molecule has 144 valence electrons. The zero-order valence-corrected chi connectivity index (χ0v) is 16.0. The van der Waals surface area contributed by atoms with E-state index in [9.17, 15) is 9.18 Å². The van der Waals surface area contributed by atoms with E-state index in [2.05, 4.69) is 25.1 Å². The highest BCUT2D eigenvalue weighted by atomic mass is 19.1. The van der Waals surface area contributed by atoms with Crippen LogP contribution in [0.4, 0.5) is 15.8 Å². The van der Waals surface area contributed by atoms with Gasteiger partial charge in [-0.15, -0.1) is 13.2 Å². The molecule has 1 N–H and O–H groups in total. The van der Waals surface area contributed by atoms with Gasteiger partial charge in [0.25, 0.3) is 0 Å². The Hall–Kier alpha value is -3.08. The van der Waals surface area contributed by atoms with E-state index in [1.807, 2.05) is 30.9 Å². The first-order valence-electron chi connectivity index (χ1n) is 8.61. The molecule has 0 amide bonds. The molecule has 0 radical (unpaired) electrons. The maximum Gasteiger partial charge on any atom is 0.337 e. The molecule has 1 atom stereocenters. The van der Waals surface area contributed by atoms with E-state index < -0.39 is 5.97 Å². The molecule has 0 saturated heterocycles. The summed E-state index contributed by atoms with van der Waals surface area (Å²) >= 11 is 0. The second-order valence-electron chi connectivity index (χ2n) is 6.20. The van der Waals surface area contributed by atoms with Crippen LogP contribution >= 0.6 is 0 Å². The maximum absolute atomic E-state index is 14.3. The Bertz CT molecular complexity index is 849. The molecule has 0 bridgehead atoms. The summed E-state index contributed by atoms with van der Waals surface area (Å²) in [4.78, 5) is 13.8. The van der Waals surface area contributed by atoms with Gasteiger partial charge in [0, 0.05) is 12.7 Å². The Kier molecular flexibility index (Phi) is 6.40. The Morgan fingerprint density at radius 2 is 2.04 bits per heavy atom. The second kappa shape index (κ2) is 8.54. The predicted molar refractivity (Wildman–Crippen MR) is 111 cm³/mol. The van der Waals surface area contributed by atoms with Gasteiger partial charge in [-0.25, -0.2) is 9.18 Å². The zero-order valence-electron chi connectivity index (χ0n) is 16.0. The molecule has 4 nitrogen and oxygen atoms in total. The standard InChI is InChI=1S/C20H21FN2O2.C2H4.H2/c1-12-6-5-7-17(21)16(12)11-23-14(3)13(2)22-18-9-8-15(10-19(18)23)20(24)25-4;1-2;/h5-10,13,22H,3,11H2,1-2,4H3;1-2H2;1H. The van der Waals surface area contributed by atoms with Crippen LogP contribution in [0.15, 0.2) is 61.8 Å².